The largest absolute Gasteiger partial charge is 0.436 e. The number of thiocarbonyl (C=S) groups is 1. The number of carbonyl (C=O) groups excluding carboxylic acids is 1. The van der Waals surface area contributed by atoms with Crippen LogP contribution >= 0.6 is 35.4 Å². The Labute approximate surface area is 190 Å². The van der Waals surface area contributed by atoms with Crippen LogP contribution in [0.2, 0.25) is 10.0 Å². The lowest BCUT2D eigenvalue weighted by Crippen LogP contribution is -2.34. The number of oxazole rings is 1. The molecule has 2 N–H and O–H groups in total. The van der Waals surface area contributed by atoms with Crippen LogP contribution in [0.15, 0.2) is 59.0 Å². The fourth-order valence-electron chi connectivity index (χ4n) is 2.78. The molecule has 156 valence electrons. The number of nitrogens with zero attached hydrogens (tertiary/aromatic N) is 1. The summed E-state index contributed by atoms with van der Waals surface area (Å²) in [5.74, 6) is -2.56. The van der Waals surface area contributed by atoms with Gasteiger partial charge in [-0.1, -0.05) is 35.3 Å². The summed E-state index contributed by atoms with van der Waals surface area (Å²) in [5.41, 5.74) is 1.74. The number of carbonyl (C=O) groups is 1. The van der Waals surface area contributed by atoms with Gasteiger partial charge in [-0.2, -0.15) is 0 Å². The summed E-state index contributed by atoms with van der Waals surface area (Å²) in [6, 6.07) is 13.2. The number of benzene rings is 3. The first-order chi connectivity index (χ1) is 14.8. The highest BCUT2D eigenvalue weighted by Gasteiger charge is 2.16. The fourth-order valence-corrected chi connectivity index (χ4v) is 3.45. The highest BCUT2D eigenvalue weighted by Crippen LogP contribution is 2.32. The van der Waals surface area contributed by atoms with Crippen LogP contribution in [0.5, 0.6) is 0 Å². The third-order valence-corrected chi connectivity index (χ3v) is 5.08. The maximum atomic E-state index is 13.6. The highest BCUT2D eigenvalue weighted by atomic mass is 35.5. The van der Waals surface area contributed by atoms with E-state index in [-0.39, 0.29) is 27.2 Å². The van der Waals surface area contributed by atoms with E-state index in [0.29, 0.717) is 21.8 Å². The van der Waals surface area contributed by atoms with E-state index in [4.69, 9.17) is 39.8 Å². The predicted octanol–water partition coefficient (Wildman–Crippen LogP) is 6.21. The summed E-state index contributed by atoms with van der Waals surface area (Å²) >= 11 is 17.2. The number of amides is 1. The topological polar surface area (TPSA) is 67.2 Å². The smallest absolute Gasteiger partial charge is 0.258 e. The number of halogens is 4. The maximum absolute atomic E-state index is 13.6. The van der Waals surface area contributed by atoms with Crippen molar-refractivity contribution < 1.29 is 18.0 Å². The molecule has 1 heterocycles. The lowest BCUT2D eigenvalue weighted by atomic mass is 10.2. The molecule has 4 rings (SSSR count). The molecule has 0 saturated carbocycles. The molecule has 3 aromatic carbocycles. The molecule has 0 saturated heterocycles. The van der Waals surface area contributed by atoms with Gasteiger partial charge in [0.05, 0.1) is 21.2 Å². The standard InChI is InChI=1S/C21H11Cl2F2N3O2S/c22-13-4-2-1-3-11(13)19(29)28-21(31)26-10-5-6-18-17(7-10)27-20(30-18)12-8-15(24)16(25)9-14(12)23/h1-9H,(H2,26,28,29,31). The second kappa shape index (κ2) is 8.58. The molecule has 1 amide bonds. The Morgan fingerprint density at radius 2 is 1.74 bits per heavy atom. The zero-order chi connectivity index (χ0) is 22.1. The Hall–Kier alpha value is -3.07. The van der Waals surface area contributed by atoms with E-state index in [1.165, 1.54) is 0 Å². The van der Waals surface area contributed by atoms with Crippen LogP contribution in [0.4, 0.5) is 14.5 Å². The average Bonchev–Trinajstić information content (AvgIpc) is 3.14. The van der Waals surface area contributed by atoms with Gasteiger partial charge in [0.25, 0.3) is 5.91 Å². The van der Waals surface area contributed by atoms with Gasteiger partial charge < -0.3 is 9.73 Å². The van der Waals surface area contributed by atoms with Crippen molar-refractivity contribution in [2.24, 2.45) is 0 Å². The number of rotatable bonds is 3. The lowest BCUT2D eigenvalue weighted by molar-refractivity contribution is 0.0978. The summed E-state index contributed by atoms with van der Waals surface area (Å²) in [7, 11) is 0. The Bertz CT molecular complexity index is 1340. The molecule has 5 nitrogen and oxygen atoms in total. The number of fused-ring (bicyclic) bond motifs is 1. The van der Waals surface area contributed by atoms with E-state index < -0.39 is 17.5 Å². The molecular formula is C21H11Cl2F2N3O2S. The maximum Gasteiger partial charge on any atom is 0.258 e. The summed E-state index contributed by atoms with van der Waals surface area (Å²) in [6.45, 7) is 0. The van der Waals surface area contributed by atoms with Crippen LogP contribution in [-0.2, 0) is 0 Å². The van der Waals surface area contributed by atoms with E-state index in [1.54, 1.807) is 42.5 Å². The van der Waals surface area contributed by atoms with Crippen molar-refractivity contribution in [2.45, 2.75) is 0 Å². The molecule has 1 aromatic heterocycles. The SMILES string of the molecule is O=C(NC(=S)Nc1ccc2oc(-c3cc(F)c(F)cc3Cl)nc2c1)c1ccccc1Cl. The van der Waals surface area contributed by atoms with Crippen LogP contribution in [0.25, 0.3) is 22.6 Å². The van der Waals surface area contributed by atoms with Crippen molar-refractivity contribution >= 4 is 63.2 Å². The zero-order valence-corrected chi connectivity index (χ0v) is 17.7. The molecule has 31 heavy (non-hydrogen) atoms. The lowest BCUT2D eigenvalue weighted by Gasteiger charge is -2.10. The number of hydrogen-bond acceptors (Lipinski definition) is 4. The van der Waals surface area contributed by atoms with Crippen molar-refractivity contribution in [1.29, 1.82) is 0 Å². The second-order valence-electron chi connectivity index (χ2n) is 6.34. The van der Waals surface area contributed by atoms with E-state index in [0.717, 1.165) is 12.1 Å². The first-order valence-corrected chi connectivity index (χ1v) is 9.90. The molecule has 0 aliphatic rings. The Balaban J connectivity index is 1.53. The number of hydrogen-bond donors (Lipinski definition) is 2. The minimum Gasteiger partial charge on any atom is -0.436 e. The third-order valence-electron chi connectivity index (χ3n) is 4.23. The van der Waals surface area contributed by atoms with Gasteiger partial charge in [0.1, 0.15) is 5.52 Å². The molecule has 0 atom stereocenters. The molecule has 0 aliphatic heterocycles. The molecule has 0 fully saturated rings. The van der Waals surface area contributed by atoms with E-state index >= 15 is 0 Å². The van der Waals surface area contributed by atoms with Gasteiger partial charge in [0.15, 0.2) is 22.3 Å². The minimum absolute atomic E-state index is 0.0330. The van der Waals surface area contributed by atoms with Crippen LogP contribution < -0.4 is 10.6 Å². The predicted molar refractivity (Wildman–Crippen MR) is 120 cm³/mol. The van der Waals surface area contributed by atoms with Crippen molar-refractivity contribution in [3.8, 4) is 11.5 Å². The number of aromatic nitrogens is 1. The van der Waals surface area contributed by atoms with E-state index in [9.17, 15) is 13.6 Å². The van der Waals surface area contributed by atoms with Gasteiger partial charge in [-0.15, -0.1) is 0 Å². The summed E-state index contributed by atoms with van der Waals surface area (Å²) in [6.07, 6.45) is 0. The van der Waals surface area contributed by atoms with Crippen LogP contribution in [0.1, 0.15) is 10.4 Å². The first kappa shape index (κ1) is 21.2. The second-order valence-corrected chi connectivity index (χ2v) is 7.56. The molecular weight excluding hydrogens is 467 g/mol. The van der Waals surface area contributed by atoms with Gasteiger partial charge in [-0.25, -0.2) is 13.8 Å². The quantitative estimate of drug-likeness (QED) is 0.271. The molecule has 0 unspecified atom stereocenters. The van der Waals surface area contributed by atoms with Crippen molar-refractivity contribution in [2.75, 3.05) is 5.32 Å². The Morgan fingerprint density at radius 1 is 1.00 bits per heavy atom. The van der Waals surface area contributed by atoms with E-state index in [2.05, 4.69) is 15.6 Å². The molecule has 0 spiro atoms. The highest BCUT2D eigenvalue weighted by molar-refractivity contribution is 7.80. The van der Waals surface area contributed by atoms with Gasteiger partial charge in [-0.3, -0.25) is 10.1 Å². The van der Waals surface area contributed by atoms with Gasteiger partial charge >= 0.3 is 0 Å². The zero-order valence-electron chi connectivity index (χ0n) is 15.4. The van der Waals surface area contributed by atoms with E-state index in [1.807, 2.05) is 0 Å². The minimum atomic E-state index is -1.07. The van der Waals surface area contributed by atoms with Crippen LogP contribution in [0, 0.1) is 11.6 Å². The molecule has 0 aliphatic carbocycles. The Kier molecular flexibility index (Phi) is 5.86. The summed E-state index contributed by atoms with van der Waals surface area (Å²) < 4.78 is 32.5. The van der Waals surface area contributed by atoms with Crippen molar-refractivity contribution in [3.63, 3.8) is 0 Å². The fraction of sp³-hybridized carbons (Fsp3) is 0. The van der Waals surface area contributed by atoms with Gasteiger partial charge in [-0.05, 0) is 54.7 Å². The number of anilines is 1. The summed E-state index contributed by atoms with van der Waals surface area (Å²) in [5, 5.41) is 5.73. The van der Waals surface area contributed by atoms with Crippen LogP contribution in [-0.4, -0.2) is 16.0 Å². The van der Waals surface area contributed by atoms with Crippen molar-refractivity contribution in [1.82, 2.24) is 10.3 Å². The van der Waals surface area contributed by atoms with Crippen LogP contribution in [0.3, 0.4) is 0 Å². The van der Waals surface area contributed by atoms with Crippen molar-refractivity contribution in [3.05, 3.63) is 81.8 Å². The monoisotopic (exact) mass is 477 g/mol. The van der Waals surface area contributed by atoms with Gasteiger partial charge in [0.2, 0.25) is 5.89 Å². The summed E-state index contributed by atoms with van der Waals surface area (Å²) in [4.78, 5) is 16.6. The molecule has 0 radical (unpaired) electrons. The normalized spacial score (nSPS) is 10.8. The third kappa shape index (κ3) is 4.51. The van der Waals surface area contributed by atoms with Gasteiger partial charge in [0, 0.05) is 5.69 Å². The molecule has 4 aromatic rings. The molecule has 10 heteroatoms. The number of nitrogens with one attached hydrogen (secondary N) is 2. The first-order valence-electron chi connectivity index (χ1n) is 8.74. The Morgan fingerprint density at radius 3 is 2.52 bits per heavy atom. The average molecular weight is 478 g/mol. The molecule has 0 bridgehead atoms.